The first kappa shape index (κ1) is 9.15. The van der Waals surface area contributed by atoms with Crippen LogP contribution in [0.3, 0.4) is 0 Å². The second kappa shape index (κ2) is 3.75. The third-order valence-electron chi connectivity index (χ3n) is 2.21. The lowest BCUT2D eigenvalue weighted by Crippen LogP contribution is -2.16. The van der Waals surface area contributed by atoms with Gasteiger partial charge >= 0.3 is 0 Å². The minimum absolute atomic E-state index is 0.214. The molecule has 1 atom stereocenters. The molecule has 0 radical (unpaired) electrons. The summed E-state index contributed by atoms with van der Waals surface area (Å²) < 4.78 is 2.00. The molecule has 4 heteroatoms. The van der Waals surface area contributed by atoms with E-state index in [1.807, 2.05) is 35.7 Å². The van der Waals surface area contributed by atoms with Crippen LogP contribution in [0.15, 0.2) is 24.4 Å². The number of hydrogen-bond donors (Lipinski definition) is 1. The van der Waals surface area contributed by atoms with E-state index in [2.05, 4.69) is 10.2 Å². The number of aromatic nitrogens is 3. The van der Waals surface area contributed by atoms with Gasteiger partial charge in [-0.05, 0) is 25.5 Å². The number of pyridine rings is 1. The molecule has 0 aliphatic heterocycles. The maximum absolute atomic E-state index is 5.70. The fourth-order valence-electron chi connectivity index (χ4n) is 1.42. The van der Waals surface area contributed by atoms with Crippen LogP contribution in [0.4, 0.5) is 0 Å². The molecule has 4 nitrogen and oxygen atoms in total. The Morgan fingerprint density at radius 3 is 3.07 bits per heavy atom. The van der Waals surface area contributed by atoms with Crippen molar-refractivity contribution in [3.05, 3.63) is 30.2 Å². The fraction of sp³-hybridized carbons (Fsp3) is 0.400. The molecular formula is C10H14N4. The van der Waals surface area contributed by atoms with E-state index in [9.17, 15) is 0 Å². The lowest BCUT2D eigenvalue weighted by Gasteiger charge is -2.02. The zero-order valence-corrected chi connectivity index (χ0v) is 8.22. The second-order valence-electron chi connectivity index (χ2n) is 3.56. The number of hydrogen-bond acceptors (Lipinski definition) is 3. The maximum atomic E-state index is 5.70. The van der Waals surface area contributed by atoms with Crippen molar-refractivity contribution in [2.45, 2.75) is 25.8 Å². The van der Waals surface area contributed by atoms with E-state index in [1.54, 1.807) is 0 Å². The van der Waals surface area contributed by atoms with E-state index in [4.69, 9.17) is 5.73 Å². The molecule has 0 amide bonds. The molecule has 1 unspecified atom stereocenters. The number of fused-ring (bicyclic) bond motifs is 1. The Kier molecular flexibility index (Phi) is 2.45. The Balaban J connectivity index is 2.25. The SMILES string of the molecule is CC(N)CCc1nnc2ccccn12. The molecule has 0 aliphatic carbocycles. The highest BCUT2D eigenvalue weighted by Crippen LogP contribution is 2.05. The minimum Gasteiger partial charge on any atom is -0.328 e. The first-order valence-electron chi connectivity index (χ1n) is 4.81. The van der Waals surface area contributed by atoms with Gasteiger partial charge in [0.2, 0.25) is 0 Å². The van der Waals surface area contributed by atoms with Crippen LogP contribution in [0, 0.1) is 0 Å². The average Bonchev–Trinajstić information content (AvgIpc) is 2.58. The normalized spacial score (nSPS) is 13.3. The molecule has 74 valence electrons. The van der Waals surface area contributed by atoms with Crippen LogP contribution in [0.2, 0.25) is 0 Å². The van der Waals surface area contributed by atoms with Gasteiger partial charge in [-0.2, -0.15) is 0 Å². The second-order valence-corrected chi connectivity index (χ2v) is 3.56. The van der Waals surface area contributed by atoms with Gasteiger partial charge in [-0.3, -0.25) is 4.40 Å². The van der Waals surface area contributed by atoms with Crippen LogP contribution in [0.5, 0.6) is 0 Å². The summed E-state index contributed by atoms with van der Waals surface area (Å²) in [5, 5.41) is 8.19. The largest absolute Gasteiger partial charge is 0.328 e. The highest BCUT2D eigenvalue weighted by Gasteiger charge is 2.04. The van der Waals surface area contributed by atoms with Crippen molar-refractivity contribution in [2.75, 3.05) is 0 Å². The molecule has 0 spiro atoms. The van der Waals surface area contributed by atoms with Crippen LogP contribution in [0.1, 0.15) is 19.2 Å². The summed E-state index contributed by atoms with van der Waals surface area (Å²) in [6.45, 7) is 2.00. The molecular weight excluding hydrogens is 176 g/mol. The zero-order valence-electron chi connectivity index (χ0n) is 8.22. The van der Waals surface area contributed by atoms with Crippen LogP contribution in [0.25, 0.3) is 5.65 Å². The molecule has 2 aromatic heterocycles. The molecule has 2 N–H and O–H groups in total. The van der Waals surface area contributed by atoms with Gasteiger partial charge < -0.3 is 5.73 Å². The van der Waals surface area contributed by atoms with Gasteiger partial charge in [-0.15, -0.1) is 10.2 Å². The van der Waals surface area contributed by atoms with Crippen molar-refractivity contribution in [1.82, 2.24) is 14.6 Å². The van der Waals surface area contributed by atoms with Crippen molar-refractivity contribution in [3.8, 4) is 0 Å². The topological polar surface area (TPSA) is 56.2 Å². The predicted octanol–water partition coefficient (Wildman–Crippen LogP) is 1.01. The third kappa shape index (κ3) is 1.75. The minimum atomic E-state index is 0.214. The summed E-state index contributed by atoms with van der Waals surface area (Å²) in [5.41, 5.74) is 6.59. The summed E-state index contributed by atoms with van der Waals surface area (Å²) in [5.74, 6) is 0.984. The molecule has 0 aromatic carbocycles. The summed E-state index contributed by atoms with van der Waals surface area (Å²) in [4.78, 5) is 0. The zero-order chi connectivity index (χ0) is 9.97. The van der Waals surface area contributed by atoms with Crippen molar-refractivity contribution >= 4 is 5.65 Å². The van der Waals surface area contributed by atoms with Gasteiger partial charge in [-0.25, -0.2) is 0 Å². The van der Waals surface area contributed by atoms with Gasteiger partial charge in [0.1, 0.15) is 5.82 Å². The van der Waals surface area contributed by atoms with Crippen LogP contribution < -0.4 is 5.73 Å². The van der Waals surface area contributed by atoms with Gasteiger partial charge in [0.25, 0.3) is 0 Å². The standard InChI is InChI=1S/C10H14N4/c1-8(11)5-6-10-13-12-9-4-2-3-7-14(9)10/h2-4,7-8H,5-6,11H2,1H3. The molecule has 14 heavy (non-hydrogen) atoms. The average molecular weight is 190 g/mol. The summed E-state index contributed by atoms with van der Waals surface area (Å²) in [7, 11) is 0. The Bertz CT molecular complexity index is 419. The van der Waals surface area contributed by atoms with Gasteiger partial charge in [0, 0.05) is 18.7 Å². The molecule has 2 heterocycles. The van der Waals surface area contributed by atoms with E-state index >= 15 is 0 Å². The van der Waals surface area contributed by atoms with Crippen molar-refractivity contribution < 1.29 is 0 Å². The van der Waals surface area contributed by atoms with Crippen molar-refractivity contribution in [3.63, 3.8) is 0 Å². The van der Waals surface area contributed by atoms with Crippen LogP contribution in [-0.2, 0) is 6.42 Å². The number of nitrogens with two attached hydrogens (primary N) is 1. The van der Waals surface area contributed by atoms with E-state index in [0.29, 0.717) is 0 Å². The Morgan fingerprint density at radius 2 is 2.29 bits per heavy atom. The molecule has 0 saturated carbocycles. The molecule has 2 aromatic rings. The number of nitrogens with zero attached hydrogens (tertiary/aromatic N) is 3. The molecule has 0 fully saturated rings. The van der Waals surface area contributed by atoms with Gasteiger partial charge in [0.05, 0.1) is 0 Å². The van der Waals surface area contributed by atoms with Gasteiger partial charge in [0.15, 0.2) is 5.65 Å². The van der Waals surface area contributed by atoms with Crippen LogP contribution in [-0.4, -0.2) is 20.6 Å². The Labute approximate surface area is 82.8 Å². The number of rotatable bonds is 3. The lowest BCUT2D eigenvalue weighted by atomic mass is 10.2. The fourth-order valence-corrected chi connectivity index (χ4v) is 1.42. The molecule has 2 rings (SSSR count). The summed E-state index contributed by atoms with van der Waals surface area (Å²) in [6, 6.07) is 6.10. The highest BCUT2D eigenvalue weighted by molar-refractivity contribution is 5.36. The summed E-state index contributed by atoms with van der Waals surface area (Å²) in [6.07, 6.45) is 3.80. The van der Waals surface area contributed by atoms with E-state index in [0.717, 1.165) is 24.3 Å². The summed E-state index contributed by atoms with van der Waals surface area (Å²) >= 11 is 0. The highest BCUT2D eigenvalue weighted by atomic mass is 15.2. The molecule has 0 aliphatic rings. The number of aryl methyl sites for hydroxylation is 1. The third-order valence-corrected chi connectivity index (χ3v) is 2.21. The lowest BCUT2D eigenvalue weighted by molar-refractivity contribution is 0.644. The molecule has 0 saturated heterocycles. The monoisotopic (exact) mass is 190 g/mol. The first-order valence-corrected chi connectivity index (χ1v) is 4.81. The van der Waals surface area contributed by atoms with E-state index in [-0.39, 0.29) is 6.04 Å². The first-order chi connectivity index (χ1) is 6.77. The van der Waals surface area contributed by atoms with Crippen molar-refractivity contribution in [2.24, 2.45) is 5.73 Å². The quantitative estimate of drug-likeness (QED) is 0.785. The smallest absolute Gasteiger partial charge is 0.160 e. The Morgan fingerprint density at radius 1 is 1.43 bits per heavy atom. The van der Waals surface area contributed by atoms with E-state index < -0.39 is 0 Å². The van der Waals surface area contributed by atoms with E-state index in [1.165, 1.54) is 0 Å². The molecule has 0 bridgehead atoms. The van der Waals surface area contributed by atoms with Crippen LogP contribution >= 0.6 is 0 Å². The maximum Gasteiger partial charge on any atom is 0.160 e. The Hall–Kier alpha value is -1.42. The van der Waals surface area contributed by atoms with Gasteiger partial charge in [-0.1, -0.05) is 6.07 Å². The predicted molar refractivity (Wildman–Crippen MR) is 55.0 cm³/mol. The van der Waals surface area contributed by atoms with Crippen molar-refractivity contribution in [1.29, 1.82) is 0 Å².